The average Bonchev–Trinajstić information content (AvgIpc) is 2.50. The molecule has 0 saturated carbocycles. The number of anilines is 1. The van der Waals surface area contributed by atoms with Crippen molar-refractivity contribution in [1.29, 1.82) is 0 Å². The Kier molecular flexibility index (Phi) is 8.92. The van der Waals surface area contributed by atoms with Crippen LogP contribution in [-0.4, -0.2) is 40.7 Å². The van der Waals surface area contributed by atoms with Crippen LogP contribution in [0.1, 0.15) is 37.6 Å². The molecule has 3 amide bonds. The van der Waals surface area contributed by atoms with Crippen LogP contribution < -0.4 is 16.0 Å². The molecular formula is C17H26ClN3O3S. The Labute approximate surface area is 156 Å². The van der Waals surface area contributed by atoms with Gasteiger partial charge in [0, 0.05) is 41.1 Å². The highest BCUT2D eigenvalue weighted by atomic mass is 35.5. The number of nitrogens with one attached hydrogen (secondary N) is 3. The van der Waals surface area contributed by atoms with Crippen LogP contribution in [-0.2, 0) is 10.8 Å². The Bertz CT molecular complexity index is 638. The number of urea groups is 1. The first kappa shape index (κ1) is 21.4. The minimum atomic E-state index is -0.881. The predicted octanol–water partition coefficient (Wildman–Crippen LogP) is 3.00. The smallest absolute Gasteiger partial charge is 0.319 e. The van der Waals surface area contributed by atoms with Crippen molar-refractivity contribution in [3.63, 3.8) is 0 Å². The summed E-state index contributed by atoms with van der Waals surface area (Å²) in [5.41, 5.74) is 0.862. The second-order valence-corrected chi connectivity index (χ2v) is 8.33. The Hall–Kier alpha value is -1.60. The zero-order chi connectivity index (χ0) is 19.0. The number of halogens is 1. The standard InChI is InChI=1S/C17H26ClN3O3S/c1-11(2)10-19-16(22)14-6-5-13(9-15(14)18)21-17(23)20-12(3)7-8-25(4)24/h5-6,9,11-12H,7-8,10H2,1-4H3,(H,19,22)(H2,20,21,23)/t12-,25-/m0/s1. The van der Waals surface area contributed by atoms with Crippen molar-refractivity contribution in [2.45, 2.75) is 33.2 Å². The van der Waals surface area contributed by atoms with Crippen molar-refractivity contribution < 1.29 is 13.8 Å². The first-order chi connectivity index (χ1) is 11.7. The third kappa shape index (κ3) is 8.36. The molecule has 0 aliphatic heterocycles. The maximum Gasteiger partial charge on any atom is 0.319 e. The molecule has 0 heterocycles. The summed E-state index contributed by atoms with van der Waals surface area (Å²) in [5.74, 6) is 0.642. The van der Waals surface area contributed by atoms with Gasteiger partial charge < -0.3 is 16.0 Å². The molecule has 140 valence electrons. The maximum atomic E-state index is 12.1. The summed E-state index contributed by atoms with van der Waals surface area (Å²) in [6.45, 7) is 6.43. The normalized spacial score (nSPS) is 13.2. The largest absolute Gasteiger partial charge is 0.352 e. The number of carbonyl (C=O) groups excluding carboxylic acids is 2. The van der Waals surface area contributed by atoms with Gasteiger partial charge in [-0.2, -0.15) is 0 Å². The summed E-state index contributed by atoms with van der Waals surface area (Å²) >= 11 is 6.15. The number of hydrogen-bond donors (Lipinski definition) is 3. The lowest BCUT2D eigenvalue weighted by molar-refractivity contribution is 0.0949. The molecule has 1 rings (SSSR count). The highest BCUT2D eigenvalue weighted by Gasteiger charge is 2.13. The molecule has 0 radical (unpaired) electrons. The van der Waals surface area contributed by atoms with Crippen LogP contribution in [0.2, 0.25) is 5.02 Å². The van der Waals surface area contributed by atoms with Gasteiger partial charge in [0.1, 0.15) is 0 Å². The Balaban J connectivity index is 2.60. The van der Waals surface area contributed by atoms with Crippen LogP contribution in [0.15, 0.2) is 18.2 Å². The van der Waals surface area contributed by atoms with E-state index < -0.39 is 10.8 Å². The van der Waals surface area contributed by atoms with E-state index in [1.165, 1.54) is 6.07 Å². The molecule has 1 aromatic rings. The molecule has 2 atom stereocenters. The van der Waals surface area contributed by atoms with E-state index in [0.717, 1.165) is 0 Å². The van der Waals surface area contributed by atoms with Crippen molar-refractivity contribution in [2.75, 3.05) is 23.9 Å². The van der Waals surface area contributed by atoms with E-state index in [0.29, 0.717) is 35.9 Å². The number of carbonyl (C=O) groups is 2. The number of amides is 3. The summed E-state index contributed by atoms with van der Waals surface area (Å²) in [5, 5.41) is 8.51. The summed E-state index contributed by atoms with van der Waals surface area (Å²) in [7, 11) is -0.881. The molecule has 3 N–H and O–H groups in total. The zero-order valence-corrected chi connectivity index (χ0v) is 16.6. The Morgan fingerprint density at radius 1 is 1.24 bits per heavy atom. The quantitative estimate of drug-likeness (QED) is 0.640. The number of rotatable bonds is 8. The van der Waals surface area contributed by atoms with Crippen molar-refractivity contribution in [3.05, 3.63) is 28.8 Å². The van der Waals surface area contributed by atoms with Gasteiger partial charge in [0.2, 0.25) is 0 Å². The van der Waals surface area contributed by atoms with Gasteiger partial charge in [-0.05, 0) is 37.5 Å². The monoisotopic (exact) mass is 387 g/mol. The van der Waals surface area contributed by atoms with Crippen LogP contribution in [0.5, 0.6) is 0 Å². The fourth-order valence-electron chi connectivity index (χ4n) is 1.97. The SMILES string of the molecule is CC(C)CNC(=O)c1ccc(NC(=O)N[C@@H](C)CC[S@](C)=O)cc1Cl. The molecule has 0 aliphatic rings. The zero-order valence-electron chi connectivity index (χ0n) is 15.0. The van der Waals surface area contributed by atoms with Crippen LogP contribution in [0.3, 0.4) is 0 Å². The molecule has 0 bridgehead atoms. The lowest BCUT2D eigenvalue weighted by atomic mass is 10.1. The van der Waals surface area contributed by atoms with E-state index in [1.54, 1.807) is 18.4 Å². The van der Waals surface area contributed by atoms with Gasteiger partial charge in [-0.15, -0.1) is 0 Å². The van der Waals surface area contributed by atoms with Gasteiger partial charge in [-0.25, -0.2) is 4.79 Å². The van der Waals surface area contributed by atoms with Gasteiger partial charge in [0.05, 0.1) is 10.6 Å². The minimum absolute atomic E-state index is 0.0968. The molecule has 25 heavy (non-hydrogen) atoms. The molecule has 0 aromatic heterocycles. The average molecular weight is 388 g/mol. The number of benzene rings is 1. The van der Waals surface area contributed by atoms with Crippen molar-refractivity contribution in [1.82, 2.24) is 10.6 Å². The third-order valence-electron chi connectivity index (χ3n) is 3.36. The van der Waals surface area contributed by atoms with Gasteiger partial charge in [0.15, 0.2) is 0 Å². The highest BCUT2D eigenvalue weighted by molar-refractivity contribution is 7.84. The molecule has 0 saturated heterocycles. The fraction of sp³-hybridized carbons (Fsp3) is 0.529. The van der Waals surface area contributed by atoms with Crippen molar-refractivity contribution in [3.8, 4) is 0 Å². The van der Waals surface area contributed by atoms with Crippen LogP contribution >= 0.6 is 11.6 Å². The van der Waals surface area contributed by atoms with Gasteiger partial charge in [-0.3, -0.25) is 9.00 Å². The Morgan fingerprint density at radius 3 is 2.48 bits per heavy atom. The molecule has 0 spiro atoms. The molecular weight excluding hydrogens is 362 g/mol. The predicted molar refractivity (Wildman–Crippen MR) is 104 cm³/mol. The van der Waals surface area contributed by atoms with Crippen LogP contribution in [0, 0.1) is 5.92 Å². The Morgan fingerprint density at radius 2 is 1.92 bits per heavy atom. The topological polar surface area (TPSA) is 87.3 Å². The molecule has 1 aromatic carbocycles. The second-order valence-electron chi connectivity index (χ2n) is 6.36. The highest BCUT2D eigenvalue weighted by Crippen LogP contribution is 2.21. The molecule has 6 nitrogen and oxygen atoms in total. The van der Waals surface area contributed by atoms with E-state index in [1.807, 2.05) is 20.8 Å². The third-order valence-corrected chi connectivity index (χ3v) is 4.48. The van der Waals surface area contributed by atoms with Crippen molar-refractivity contribution in [2.24, 2.45) is 5.92 Å². The van der Waals surface area contributed by atoms with Crippen molar-refractivity contribution >= 4 is 40.0 Å². The molecule has 0 unspecified atom stereocenters. The first-order valence-corrected chi connectivity index (χ1v) is 10.2. The van der Waals surface area contributed by atoms with Crippen LogP contribution in [0.25, 0.3) is 0 Å². The molecule has 0 fully saturated rings. The van der Waals surface area contributed by atoms with Gasteiger partial charge in [0.25, 0.3) is 5.91 Å². The lowest BCUT2D eigenvalue weighted by Crippen LogP contribution is -2.36. The summed E-state index contributed by atoms with van der Waals surface area (Å²) in [6.07, 6.45) is 2.26. The first-order valence-electron chi connectivity index (χ1n) is 8.14. The number of hydrogen-bond acceptors (Lipinski definition) is 3. The second kappa shape index (κ2) is 10.4. The lowest BCUT2D eigenvalue weighted by Gasteiger charge is -2.15. The van der Waals surface area contributed by atoms with E-state index in [9.17, 15) is 13.8 Å². The van der Waals surface area contributed by atoms with E-state index in [4.69, 9.17) is 11.6 Å². The summed E-state index contributed by atoms with van der Waals surface area (Å²) < 4.78 is 11.1. The maximum absolute atomic E-state index is 12.1. The van der Waals surface area contributed by atoms with Gasteiger partial charge >= 0.3 is 6.03 Å². The summed E-state index contributed by atoms with van der Waals surface area (Å²) in [4.78, 5) is 24.0. The van der Waals surface area contributed by atoms with E-state index in [2.05, 4.69) is 16.0 Å². The molecule has 8 heteroatoms. The van der Waals surface area contributed by atoms with Crippen LogP contribution in [0.4, 0.5) is 10.5 Å². The summed E-state index contributed by atoms with van der Waals surface area (Å²) in [6, 6.07) is 4.28. The van der Waals surface area contributed by atoms with Gasteiger partial charge in [-0.1, -0.05) is 25.4 Å². The van der Waals surface area contributed by atoms with E-state index in [-0.39, 0.29) is 23.0 Å². The fourth-order valence-corrected chi connectivity index (χ4v) is 2.93. The molecule has 0 aliphatic carbocycles. The minimum Gasteiger partial charge on any atom is -0.352 e. The van der Waals surface area contributed by atoms with E-state index >= 15 is 0 Å².